The van der Waals surface area contributed by atoms with Crippen molar-refractivity contribution in [3.8, 4) is 11.5 Å². The second-order valence-electron chi connectivity index (χ2n) is 6.35. The van der Waals surface area contributed by atoms with E-state index in [0.29, 0.717) is 60.7 Å². The van der Waals surface area contributed by atoms with Crippen molar-refractivity contribution < 1.29 is 32.2 Å². The van der Waals surface area contributed by atoms with Crippen LogP contribution >= 0.6 is 15.9 Å². The maximum atomic E-state index is 12.8. The number of halogens is 4. The number of benzene rings is 1. The van der Waals surface area contributed by atoms with Gasteiger partial charge in [-0.2, -0.15) is 13.2 Å². The summed E-state index contributed by atoms with van der Waals surface area (Å²) >= 11 is 3.38. The molecule has 1 aliphatic rings. The Kier molecular flexibility index (Phi) is 8.38. The summed E-state index contributed by atoms with van der Waals surface area (Å²) in [5.74, 6) is 0.914. The van der Waals surface area contributed by atoms with Gasteiger partial charge in [-0.05, 0) is 34.5 Å². The highest BCUT2D eigenvalue weighted by atomic mass is 79.9. The molecule has 0 N–H and O–H groups in total. The van der Waals surface area contributed by atoms with Crippen molar-refractivity contribution in [1.29, 1.82) is 0 Å². The van der Waals surface area contributed by atoms with E-state index >= 15 is 0 Å². The molecule has 1 aromatic carbocycles. The van der Waals surface area contributed by atoms with Crippen LogP contribution in [0.1, 0.15) is 16.8 Å². The molecule has 0 bridgehead atoms. The first-order chi connectivity index (χ1) is 13.2. The summed E-state index contributed by atoms with van der Waals surface area (Å²) in [6, 6.07) is 3.33. The zero-order valence-electron chi connectivity index (χ0n) is 15.9. The fourth-order valence-electron chi connectivity index (χ4n) is 2.93. The molecule has 1 aromatic rings. The van der Waals surface area contributed by atoms with Gasteiger partial charge in [0.2, 0.25) is 0 Å². The van der Waals surface area contributed by atoms with E-state index in [4.69, 9.17) is 9.47 Å². The summed E-state index contributed by atoms with van der Waals surface area (Å²) in [6.45, 7) is 1.91. The van der Waals surface area contributed by atoms with Gasteiger partial charge in [0.25, 0.3) is 5.91 Å². The predicted molar refractivity (Wildman–Crippen MR) is 101 cm³/mol. The van der Waals surface area contributed by atoms with Gasteiger partial charge >= 0.3 is 6.18 Å². The van der Waals surface area contributed by atoms with Gasteiger partial charge in [-0.1, -0.05) is 0 Å². The van der Waals surface area contributed by atoms with E-state index in [2.05, 4.69) is 25.6 Å². The van der Waals surface area contributed by atoms with Gasteiger partial charge in [0.05, 0.1) is 14.2 Å². The van der Waals surface area contributed by atoms with Crippen LogP contribution in [0.3, 0.4) is 0 Å². The molecule has 158 valence electrons. The van der Waals surface area contributed by atoms with Crippen molar-refractivity contribution in [3.63, 3.8) is 0 Å². The van der Waals surface area contributed by atoms with E-state index in [1.807, 2.05) is 0 Å². The Balaban J connectivity index is 1.82. The predicted octanol–water partition coefficient (Wildman–Crippen LogP) is 3.19. The molecule has 28 heavy (non-hydrogen) atoms. The fourth-order valence-corrected chi connectivity index (χ4v) is 3.48. The second kappa shape index (κ2) is 10.3. The second-order valence-corrected chi connectivity index (χ2v) is 7.14. The molecule has 0 aliphatic carbocycles. The molecule has 0 radical (unpaired) electrons. The topological polar surface area (TPSA) is 51.2 Å². The number of hydrogen-bond donors (Lipinski definition) is 0. The van der Waals surface area contributed by atoms with E-state index in [9.17, 15) is 18.0 Å². The van der Waals surface area contributed by atoms with Gasteiger partial charge in [-0.3, -0.25) is 9.69 Å². The maximum absolute atomic E-state index is 12.8. The number of carbonyl (C=O) groups excluding carboxylic acids is 1. The Hall–Kier alpha value is -1.52. The summed E-state index contributed by atoms with van der Waals surface area (Å²) in [6.07, 6.45) is -3.77. The Labute approximate surface area is 170 Å². The lowest BCUT2D eigenvalue weighted by atomic mass is 10.1. The largest absolute Gasteiger partial charge is 0.495 e. The molecule has 0 aromatic heterocycles. The third-order valence-corrected chi connectivity index (χ3v) is 5.16. The van der Waals surface area contributed by atoms with Gasteiger partial charge < -0.3 is 19.1 Å². The Morgan fingerprint density at radius 1 is 1.11 bits per heavy atom. The quantitative estimate of drug-likeness (QED) is 0.548. The molecule has 10 heteroatoms. The van der Waals surface area contributed by atoms with Crippen LogP contribution in [0.5, 0.6) is 11.5 Å². The zero-order valence-corrected chi connectivity index (χ0v) is 17.4. The molecule has 1 fully saturated rings. The Morgan fingerprint density at radius 3 is 2.18 bits per heavy atom. The van der Waals surface area contributed by atoms with E-state index in [1.54, 1.807) is 17.0 Å². The van der Waals surface area contributed by atoms with Crippen LogP contribution in [-0.4, -0.2) is 82.0 Å². The average Bonchev–Trinajstić information content (AvgIpc) is 2.67. The van der Waals surface area contributed by atoms with Crippen molar-refractivity contribution >= 4 is 21.8 Å². The smallest absolute Gasteiger partial charge is 0.411 e. The van der Waals surface area contributed by atoms with Crippen molar-refractivity contribution in [3.05, 3.63) is 22.2 Å². The molecule has 1 amide bonds. The molecule has 6 nitrogen and oxygen atoms in total. The monoisotopic (exact) mass is 468 g/mol. The number of amides is 1. The van der Waals surface area contributed by atoms with Gasteiger partial charge in [-0.25, -0.2) is 0 Å². The summed E-state index contributed by atoms with van der Waals surface area (Å²) in [5, 5.41) is 0. The van der Waals surface area contributed by atoms with Crippen LogP contribution < -0.4 is 9.47 Å². The molecule has 0 unspecified atom stereocenters. The number of piperazine rings is 1. The highest BCUT2D eigenvalue weighted by Crippen LogP contribution is 2.36. The SMILES string of the molecule is COc1cc(C(=O)N2CCN(CCCOCC(F)(F)F)CC2)cc(OC)c1Br. The fraction of sp³-hybridized carbons (Fsp3) is 0.611. The highest BCUT2D eigenvalue weighted by Gasteiger charge is 2.27. The molecule has 1 heterocycles. The lowest BCUT2D eigenvalue weighted by Gasteiger charge is -2.34. The number of hydrogen-bond acceptors (Lipinski definition) is 5. The third kappa shape index (κ3) is 6.52. The van der Waals surface area contributed by atoms with Crippen LogP contribution in [0.25, 0.3) is 0 Å². The van der Waals surface area contributed by atoms with E-state index in [1.165, 1.54) is 14.2 Å². The normalized spacial score (nSPS) is 15.6. The van der Waals surface area contributed by atoms with Crippen LogP contribution in [-0.2, 0) is 4.74 Å². The lowest BCUT2D eigenvalue weighted by Crippen LogP contribution is -2.49. The van der Waals surface area contributed by atoms with Crippen LogP contribution in [0.4, 0.5) is 13.2 Å². The molecule has 0 saturated carbocycles. The molecule has 0 atom stereocenters. The van der Waals surface area contributed by atoms with Crippen molar-refractivity contribution in [2.75, 3.05) is 60.2 Å². The average molecular weight is 469 g/mol. The van der Waals surface area contributed by atoms with E-state index in [0.717, 1.165) is 0 Å². The summed E-state index contributed by atoms with van der Waals surface area (Å²) in [4.78, 5) is 16.7. The molecule has 1 aliphatic heterocycles. The minimum absolute atomic E-state index is 0.0666. The first-order valence-corrected chi connectivity index (χ1v) is 9.62. The number of nitrogens with zero attached hydrogens (tertiary/aromatic N) is 2. The number of alkyl halides is 3. The number of carbonyl (C=O) groups is 1. The Bertz CT molecular complexity index is 640. The van der Waals surface area contributed by atoms with Crippen LogP contribution in [0.2, 0.25) is 0 Å². The zero-order chi connectivity index (χ0) is 20.7. The maximum Gasteiger partial charge on any atom is 0.411 e. The van der Waals surface area contributed by atoms with Gasteiger partial charge in [0.1, 0.15) is 22.6 Å². The minimum Gasteiger partial charge on any atom is -0.495 e. The van der Waals surface area contributed by atoms with Crippen molar-refractivity contribution in [1.82, 2.24) is 9.80 Å². The molecule has 0 spiro atoms. The Morgan fingerprint density at radius 2 is 1.68 bits per heavy atom. The summed E-state index contributed by atoms with van der Waals surface area (Å²) in [5.41, 5.74) is 0.478. The van der Waals surface area contributed by atoms with E-state index in [-0.39, 0.29) is 12.5 Å². The first kappa shape index (κ1) is 22.8. The summed E-state index contributed by atoms with van der Waals surface area (Å²) in [7, 11) is 3.04. The first-order valence-electron chi connectivity index (χ1n) is 8.83. The van der Waals surface area contributed by atoms with Crippen molar-refractivity contribution in [2.24, 2.45) is 0 Å². The number of methoxy groups -OCH3 is 2. The molecule has 1 saturated heterocycles. The van der Waals surface area contributed by atoms with Crippen LogP contribution in [0, 0.1) is 0 Å². The lowest BCUT2D eigenvalue weighted by molar-refractivity contribution is -0.174. The van der Waals surface area contributed by atoms with Gasteiger partial charge in [0, 0.05) is 44.9 Å². The van der Waals surface area contributed by atoms with Crippen LogP contribution in [0.15, 0.2) is 16.6 Å². The number of ether oxygens (including phenoxy) is 3. The number of rotatable bonds is 8. The summed E-state index contributed by atoms with van der Waals surface area (Å²) < 4.78 is 51.9. The highest BCUT2D eigenvalue weighted by molar-refractivity contribution is 9.10. The minimum atomic E-state index is -4.29. The van der Waals surface area contributed by atoms with E-state index < -0.39 is 12.8 Å². The third-order valence-electron chi connectivity index (χ3n) is 4.38. The molecule has 2 rings (SSSR count). The van der Waals surface area contributed by atoms with Crippen molar-refractivity contribution in [2.45, 2.75) is 12.6 Å². The standard InChI is InChI=1S/C18H24BrF3N2O4/c1-26-14-10-13(11-15(27-2)16(14)19)17(25)24-7-5-23(6-8-24)4-3-9-28-12-18(20,21)22/h10-11H,3-9,12H2,1-2H3. The molecular formula is C18H24BrF3N2O4. The van der Waals surface area contributed by atoms with Gasteiger partial charge in [0.15, 0.2) is 0 Å². The van der Waals surface area contributed by atoms with Gasteiger partial charge in [-0.15, -0.1) is 0 Å². The molecular weight excluding hydrogens is 445 g/mol.